The SMILES string of the molecule is Cc1nc(N2CCN(C)CC2)ncc1C(=O)NC[C@H]1CCCN1.Cl.Cl. The van der Waals surface area contributed by atoms with Crippen LogP contribution in [0.5, 0.6) is 0 Å². The number of anilines is 1. The van der Waals surface area contributed by atoms with Gasteiger partial charge in [-0.05, 0) is 33.4 Å². The molecule has 3 heterocycles. The summed E-state index contributed by atoms with van der Waals surface area (Å²) in [7, 11) is 2.12. The fraction of sp³-hybridized carbons (Fsp3) is 0.688. The van der Waals surface area contributed by atoms with E-state index in [0.717, 1.165) is 50.8 Å². The van der Waals surface area contributed by atoms with Crippen LogP contribution in [0.2, 0.25) is 0 Å². The molecule has 0 spiro atoms. The number of halogens is 2. The third-order valence-corrected chi connectivity index (χ3v) is 4.67. The molecule has 1 atom stereocenters. The highest BCUT2D eigenvalue weighted by Gasteiger charge is 2.20. The van der Waals surface area contributed by atoms with Crippen molar-refractivity contribution in [3.05, 3.63) is 17.5 Å². The monoisotopic (exact) mass is 390 g/mol. The molecule has 2 saturated heterocycles. The summed E-state index contributed by atoms with van der Waals surface area (Å²) < 4.78 is 0. The summed E-state index contributed by atoms with van der Waals surface area (Å²) in [5, 5.41) is 6.36. The van der Waals surface area contributed by atoms with Gasteiger partial charge < -0.3 is 20.4 Å². The van der Waals surface area contributed by atoms with Crippen LogP contribution in [0.3, 0.4) is 0 Å². The molecule has 1 aromatic rings. The van der Waals surface area contributed by atoms with Gasteiger partial charge in [0.05, 0.1) is 11.3 Å². The molecule has 25 heavy (non-hydrogen) atoms. The zero-order valence-electron chi connectivity index (χ0n) is 14.8. The van der Waals surface area contributed by atoms with Crippen molar-refractivity contribution in [3.8, 4) is 0 Å². The van der Waals surface area contributed by atoms with E-state index in [-0.39, 0.29) is 30.7 Å². The van der Waals surface area contributed by atoms with Gasteiger partial charge in [0, 0.05) is 45.0 Å². The predicted molar refractivity (Wildman–Crippen MR) is 104 cm³/mol. The van der Waals surface area contributed by atoms with Gasteiger partial charge >= 0.3 is 0 Å². The molecule has 9 heteroatoms. The molecule has 3 rings (SSSR count). The van der Waals surface area contributed by atoms with Crippen molar-refractivity contribution in [2.45, 2.75) is 25.8 Å². The minimum atomic E-state index is -0.0823. The molecule has 2 aliphatic rings. The van der Waals surface area contributed by atoms with Gasteiger partial charge in [-0.25, -0.2) is 9.97 Å². The van der Waals surface area contributed by atoms with Gasteiger partial charge in [0.15, 0.2) is 0 Å². The van der Waals surface area contributed by atoms with Crippen LogP contribution in [-0.4, -0.2) is 73.1 Å². The van der Waals surface area contributed by atoms with E-state index in [1.54, 1.807) is 6.20 Å². The van der Waals surface area contributed by atoms with Crippen molar-refractivity contribution in [2.75, 3.05) is 51.2 Å². The Labute approximate surface area is 161 Å². The maximum Gasteiger partial charge on any atom is 0.254 e. The summed E-state index contributed by atoms with van der Waals surface area (Å²) in [6.07, 6.45) is 3.97. The lowest BCUT2D eigenvalue weighted by Gasteiger charge is -2.32. The van der Waals surface area contributed by atoms with E-state index >= 15 is 0 Å². The first-order chi connectivity index (χ1) is 11.1. The molecular weight excluding hydrogens is 363 g/mol. The molecule has 142 valence electrons. The van der Waals surface area contributed by atoms with Gasteiger partial charge in [0.1, 0.15) is 0 Å². The standard InChI is InChI=1S/C16H26N6O.2ClH/c1-12-14(15(23)18-10-13-4-3-5-17-13)11-19-16(20-12)22-8-6-21(2)7-9-22;;/h11,13,17H,3-10H2,1-2H3,(H,18,23);2*1H/t13-;;/m1../s1. The normalized spacial score (nSPS) is 20.6. The molecular formula is C16H28Cl2N6O. The minimum Gasteiger partial charge on any atom is -0.350 e. The van der Waals surface area contributed by atoms with E-state index in [1.807, 2.05) is 6.92 Å². The maximum atomic E-state index is 12.3. The van der Waals surface area contributed by atoms with Gasteiger partial charge in [0.25, 0.3) is 5.91 Å². The Kier molecular flexibility index (Phi) is 8.85. The van der Waals surface area contributed by atoms with Crippen molar-refractivity contribution >= 4 is 36.7 Å². The predicted octanol–water partition coefficient (Wildman–Crippen LogP) is 0.862. The van der Waals surface area contributed by atoms with Gasteiger partial charge in [-0.15, -0.1) is 24.8 Å². The number of hydrogen-bond donors (Lipinski definition) is 2. The third-order valence-electron chi connectivity index (χ3n) is 4.67. The first-order valence-corrected chi connectivity index (χ1v) is 8.42. The van der Waals surface area contributed by atoms with Crippen molar-refractivity contribution in [3.63, 3.8) is 0 Å². The average Bonchev–Trinajstić information content (AvgIpc) is 3.06. The van der Waals surface area contributed by atoms with Gasteiger partial charge in [-0.2, -0.15) is 0 Å². The van der Waals surface area contributed by atoms with Crippen LogP contribution in [-0.2, 0) is 0 Å². The highest BCUT2D eigenvalue weighted by molar-refractivity contribution is 5.95. The molecule has 1 aromatic heterocycles. The fourth-order valence-electron chi connectivity index (χ4n) is 3.08. The number of aromatic nitrogens is 2. The topological polar surface area (TPSA) is 73.4 Å². The van der Waals surface area contributed by atoms with Crippen LogP contribution in [0.1, 0.15) is 28.9 Å². The molecule has 2 fully saturated rings. The van der Waals surface area contributed by atoms with Gasteiger partial charge in [-0.3, -0.25) is 4.79 Å². The Balaban J connectivity index is 0.00000156. The Morgan fingerprint density at radius 2 is 2.04 bits per heavy atom. The third kappa shape index (κ3) is 5.67. The molecule has 0 unspecified atom stereocenters. The van der Waals surface area contributed by atoms with E-state index in [4.69, 9.17) is 0 Å². The van der Waals surface area contributed by atoms with Crippen molar-refractivity contribution < 1.29 is 4.79 Å². The van der Waals surface area contributed by atoms with E-state index in [0.29, 0.717) is 18.2 Å². The largest absolute Gasteiger partial charge is 0.350 e. The fourth-order valence-corrected chi connectivity index (χ4v) is 3.08. The summed E-state index contributed by atoms with van der Waals surface area (Å²) >= 11 is 0. The van der Waals surface area contributed by atoms with Crippen molar-refractivity contribution in [1.82, 2.24) is 25.5 Å². The zero-order valence-corrected chi connectivity index (χ0v) is 16.5. The first kappa shape index (κ1) is 21.9. The number of carbonyl (C=O) groups excluding carboxylic acids is 1. The van der Waals surface area contributed by atoms with Crippen LogP contribution in [0.25, 0.3) is 0 Å². The summed E-state index contributed by atoms with van der Waals surface area (Å²) in [6.45, 7) is 7.46. The molecule has 7 nitrogen and oxygen atoms in total. The molecule has 2 aliphatic heterocycles. The van der Waals surface area contributed by atoms with E-state index in [2.05, 4.69) is 37.4 Å². The molecule has 0 aromatic carbocycles. The van der Waals surface area contributed by atoms with Gasteiger partial charge in [0.2, 0.25) is 5.95 Å². The van der Waals surface area contributed by atoms with E-state index in [1.165, 1.54) is 6.42 Å². The lowest BCUT2D eigenvalue weighted by atomic mass is 10.2. The van der Waals surface area contributed by atoms with E-state index < -0.39 is 0 Å². The lowest BCUT2D eigenvalue weighted by Crippen LogP contribution is -2.45. The molecule has 0 radical (unpaired) electrons. The average molecular weight is 391 g/mol. The molecule has 0 bridgehead atoms. The number of amides is 1. The number of nitrogens with one attached hydrogen (secondary N) is 2. The Morgan fingerprint density at radius 1 is 1.32 bits per heavy atom. The number of rotatable bonds is 4. The Morgan fingerprint density at radius 3 is 2.64 bits per heavy atom. The first-order valence-electron chi connectivity index (χ1n) is 8.42. The second-order valence-electron chi connectivity index (χ2n) is 6.46. The Hall–Kier alpha value is -1.15. The summed E-state index contributed by atoms with van der Waals surface area (Å²) in [6, 6.07) is 0.393. The van der Waals surface area contributed by atoms with Crippen LogP contribution in [0, 0.1) is 6.92 Å². The minimum absolute atomic E-state index is 0. The number of hydrogen-bond acceptors (Lipinski definition) is 6. The van der Waals surface area contributed by atoms with Crippen LogP contribution >= 0.6 is 24.8 Å². The van der Waals surface area contributed by atoms with Crippen LogP contribution in [0.15, 0.2) is 6.20 Å². The summed E-state index contributed by atoms with van der Waals surface area (Å²) in [5.41, 5.74) is 1.31. The van der Waals surface area contributed by atoms with Crippen LogP contribution in [0.4, 0.5) is 5.95 Å². The van der Waals surface area contributed by atoms with Gasteiger partial charge in [-0.1, -0.05) is 0 Å². The molecule has 0 aliphatic carbocycles. The van der Waals surface area contributed by atoms with E-state index in [9.17, 15) is 4.79 Å². The number of nitrogens with zero attached hydrogens (tertiary/aromatic N) is 4. The number of likely N-dealkylation sites (N-methyl/N-ethyl adjacent to an activating group) is 1. The second kappa shape index (κ2) is 10.1. The zero-order chi connectivity index (χ0) is 16.2. The molecule has 1 amide bonds. The highest BCUT2D eigenvalue weighted by atomic mass is 35.5. The number of aryl methyl sites for hydroxylation is 1. The Bertz CT molecular complexity index is 560. The smallest absolute Gasteiger partial charge is 0.254 e. The summed E-state index contributed by atoms with van der Waals surface area (Å²) in [5.74, 6) is 0.644. The lowest BCUT2D eigenvalue weighted by molar-refractivity contribution is 0.0949. The second-order valence-corrected chi connectivity index (χ2v) is 6.46. The summed E-state index contributed by atoms with van der Waals surface area (Å²) in [4.78, 5) is 25.7. The molecule has 2 N–H and O–H groups in total. The van der Waals surface area contributed by atoms with Crippen LogP contribution < -0.4 is 15.5 Å². The quantitative estimate of drug-likeness (QED) is 0.794. The van der Waals surface area contributed by atoms with Crippen molar-refractivity contribution in [1.29, 1.82) is 0 Å². The van der Waals surface area contributed by atoms with Crippen molar-refractivity contribution in [2.24, 2.45) is 0 Å². The maximum absolute atomic E-state index is 12.3. The number of piperazine rings is 1. The highest BCUT2D eigenvalue weighted by Crippen LogP contribution is 2.13. The molecule has 0 saturated carbocycles. The number of carbonyl (C=O) groups is 1.